The largest absolute Gasteiger partial charge is 0.573 e. The number of hydrogen-bond donors (Lipinski definition) is 2. The summed E-state index contributed by atoms with van der Waals surface area (Å²) in [5.41, 5.74) is 0.171. The van der Waals surface area contributed by atoms with E-state index in [0.29, 0.717) is 25.0 Å². The second-order valence-electron chi connectivity index (χ2n) is 6.93. The van der Waals surface area contributed by atoms with Gasteiger partial charge in [0, 0.05) is 24.4 Å². The van der Waals surface area contributed by atoms with Crippen LogP contribution >= 0.6 is 0 Å². The monoisotopic (exact) mass is 399 g/mol. The summed E-state index contributed by atoms with van der Waals surface area (Å²) in [7, 11) is 0. The van der Waals surface area contributed by atoms with Crippen LogP contribution in [0.25, 0.3) is 10.9 Å². The molecule has 0 amide bonds. The van der Waals surface area contributed by atoms with Crippen molar-refractivity contribution in [1.29, 1.82) is 0 Å². The van der Waals surface area contributed by atoms with Crippen molar-refractivity contribution in [2.45, 2.75) is 18.9 Å². The molecule has 4 heterocycles. The summed E-state index contributed by atoms with van der Waals surface area (Å²) < 4.78 is 46.7. The van der Waals surface area contributed by atoms with Gasteiger partial charge in [-0.1, -0.05) is 0 Å². The molecule has 150 valence electrons. The van der Waals surface area contributed by atoms with Crippen molar-refractivity contribution in [3.05, 3.63) is 23.9 Å². The second kappa shape index (κ2) is 6.66. The average Bonchev–Trinajstić information content (AvgIpc) is 3.04. The maximum atomic E-state index is 12.6. The summed E-state index contributed by atoms with van der Waals surface area (Å²) in [5.74, 6) is -3.17. The zero-order valence-electron chi connectivity index (χ0n) is 14.4. The van der Waals surface area contributed by atoms with E-state index >= 15 is 0 Å². The van der Waals surface area contributed by atoms with Crippen molar-refractivity contribution in [2.75, 3.05) is 19.6 Å². The quantitative estimate of drug-likeness (QED) is 0.758. The van der Waals surface area contributed by atoms with Crippen LogP contribution in [0.1, 0.15) is 16.9 Å². The summed E-state index contributed by atoms with van der Waals surface area (Å²) in [6.45, 7) is 1.58. The first-order chi connectivity index (χ1) is 13.2. The molecule has 3 saturated heterocycles. The first-order valence-electron chi connectivity index (χ1n) is 8.61. The van der Waals surface area contributed by atoms with Gasteiger partial charge in [-0.3, -0.25) is 14.8 Å². The molecule has 28 heavy (non-hydrogen) atoms. The molecule has 5 rings (SSSR count). The van der Waals surface area contributed by atoms with Crippen molar-refractivity contribution >= 4 is 22.8 Å². The Balaban J connectivity index is 1.56. The predicted molar refractivity (Wildman–Crippen MR) is 87.7 cm³/mol. The highest BCUT2D eigenvalue weighted by Gasteiger charge is 2.46. The Kier molecular flexibility index (Phi) is 4.41. The van der Waals surface area contributed by atoms with Gasteiger partial charge in [0.05, 0.1) is 11.4 Å². The fourth-order valence-electron chi connectivity index (χ4n) is 3.96. The van der Waals surface area contributed by atoms with Gasteiger partial charge in [-0.25, -0.2) is 4.79 Å². The number of nitrogens with one attached hydrogen (secondary N) is 1. The minimum Gasteiger partial charge on any atom is -0.481 e. The van der Waals surface area contributed by atoms with E-state index in [1.54, 1.807) is 0 Å². The number of rotatable bonds is 4. The van der Waals surface area contributed by atoms with Crippen molar-refractivity contribution in [3.8, 4) is 5.75 Å². The third-order valence-corrected chi connectivity index (χ3v) is 5.20. The summed E-state index contributed by atoms with van der Waals surface area (Å²) in [6, 6.07) is 3.47. The third-order valence-electron chi connectivity index (χ3n) is 5.20. The maximum absolute atomic E-state index is 12.6. The number of esters is 1. The Bertz CT molecular complexity index is 928. The number of ether oxygens (including phenoxy) is 2. The lowest BCUT2D eigenvalue weighted by atomic mass is 9.77. The van der Waals surface area contributed by atoms with Gasteiger partial charge >= 0.3 is 18.3 Å². The molecule has 3 fully saturated rings. The van der Waals surface area contributed by atoms with Crippen molar-refractivity contribution in [2.24, 2.45) is 11.8 Å². The number of aromatic nitrogens is 2. The Hall–Kier alpha value is -2.82. The van der Waals surface area contributed by atoms with E-state index in [1.165, 1.54) is 6.07 Å². The smallest absolute Gasteiger partial charge is 0.481 e. The molecule has 2 bridgehead atoms. The minimum atomic E-state index is -4.86. The fourth-order valence-corrected chi connectivity index (χ4v) is 3.96. The number of nitrogens with zero attached hydrogens (tertiary/aromatic N) is 2. The molecule has 3 aliphatic heterocycles. The zero-order chi connectivity index (χ0) is 20.1. The number of alkyl halides is 3. The number of aromatic amines is 1. The topological polar surface area (TPSA) is 105 Å². The van der Waals surface area contributed by atoms with Crippen LogP contribution in [-0.4, -0.2) is 64.2 Å². The van der Waals surface area contributed by atoms with Gasteiger partial charge in [-0.15, -0.1) is 13.2 Å². The summed E-state index contributed by atoms with van der Waals surface area (Å²) in [4.78, 5) is 26.0. The molecular weight excluding hydrogens is 383 g/mol. The molecular formula is C17H16F3N3O5. The number of piperidine rings is 3. The Morgan fingerprint density at radius 3 is 2.75 bits per heavy atom. The normalized spacial score (nSPS) is 27.0. The number of aliphatic carboxylic acids is 1. The van der Waals surface area contributed by atoms with Gasteiger partial charge in [-0.2, -0.15) is 5.10 Å². The average molecular weight is 399 g/mol. The summed E-state index contributed by atoms with van der Waals surface area (Å²) in [6.07, 6.45) is -4.88. The number of carboxylic acid groups (broad SMARTS) is 1. The first-order valence-corrected chi connectivity index (χ1v) is 8.61. The highest BCUT2D eigenvalue weighted by atomic mass is 19.4. The lowest BCUT2D eigenvalue weighted by molar-refractivity contribution is -0.274. The van der Waals surface area contributed by atoms with Gasteiger partial charge in [0.2, 0.25) is 0 Å². The van der Waals surface area contributed by atoms with E-state index in [1.807, 2.05) is 4.90 Å². The Morgan fingerprint density at radius 1 is 1.29 bits per heavy atom. The van der Waals surface area contributed by atoms with Crippen LogP contribution in [-0.2, 0) is 9.53 Å². The van der Waals surface area contributed by atoms with Crippen LogP contribution < -0.4 is 4.74 Å². The molecule has 11 heteroatoms. The lowest BCUT2D eigenvalue weighted by Crippen LogP contribution is -2.58. The van der Waals surface area contributed by atoms with Gasteiger partial charge in [0.1, 0.15) is 11.9 Å². The van der Waals surface area contributed by atoms with Gasteiger partial charge in [0.25, 0.3) is 0 Å². The molecule has 2 N–H and O–H groups in total. The van der Waals surface area contributed by atoms with E-state index in [4.69, 9.17) is 4.74 Å². The molecule has 1 aromatic heterocycles. The number of halogens is 3. The maximum Gasteiger partial charge on any atom is 0.573 e. The lowest BCUT2D eigenvalue weighted by Gasteiger charge is -2.47. The standard InChI is InChI=1S/C17H16F3N3O5/c18-17(19,20)28-8-1-2-12-10(5-8)14(22-21-12)16(26)27-13-7-23-4-3-9(13)11(6-23)15(24)25/h1-2,5,9,11,13H,3-4,6-7H2,(H,21,22)(H,24,25)/t9-,11?,13-/m1/s1. The SMILES string of the molecule is O=C(O[C@@H]1CN2CC[C@@H]1C(C(=O)O)C2)c1n[nH]c2ccc(OC(F)(F)F)cc12. The third kappa shape index (κ3) is 3.49. The van der Waals surface area contributed by atoms with Crippen LogP contribution in [0.2, 0.25) is 0 Å². The van der Waals surface area contributed by atoms with E-state index in [0.717, 1.165) is 18.7 Å². The van der Waals surface area contributed by atoms with Crippen LogP contribution in [0.3, 0.4) is 0 Å². The van der Waals surface area contributed by atoms with E-state index in [2.05, 4.69) is 14.9 Å². The highest BCUT2D eigenvalue weighted by Crippen LogP contribution is 2.35. The molecule has 8 nitrogen and oxygen atoms in total. The van der Waals surface area contributed by atoms with Gasteiger partial charge < -0.3 is 14.6 Å². The summed E-state index contributed by atoms with van der Waals surface area (Å²) in [5, 5.41) is 15.9. The van der Waals surface area contributed by atoms with Crippen LogP contribution in [0, 0.1) is 11.8 Å². The van der Waals surface area contributed by atoms with Crippen LogP contribution in [0.15, 0.2) is 18.2 Å². The molecule has 0 spiro atoms. The Labute approximate surface area is 156 Å². The number of hydrogen-bond acceptors (Lipinski definition) is 6. The number of carbonyl (C=O) groups excluding carboxylic acids is 1. The molecule has 4 atom stereocenters. The highest BCUT2D eigenvalue weighted by molar-refractivity contribution is 6.02. The second-order valence-corrected chi connectivity index (χ2v) is 6.93. The molecule has 2 aromatic rings. The predicted octanol–water partition coefficient (Wildman–Crippen LogP) is 2.02. The number of H-pyrrole nitrogens is 1. The van der Waals surface area contributed by atoms with Crippen molar-refractivity contribution in [1.82, 2.24) is 15.1 Å². The molecule has 3 aliphatic rings. The van der Waals surface area contributed by atoms with E-state index in [9.17, 15) is 27.9 Å². The molecule has 0 aliphatic carbocycles. The number of carbonyl (C=O) groups is 2. The summed E-state index contributed by atoms with van der Waals surface area (Å²) >= 11 is 0. The van der Waals surface area contributed by atoms with Crippen LogP contribution in [0.5, 0.6) is 5.75 Å². The molecule has 2 unspecified atom stereocenters. The molecule has 0 saturated carbocycles. The van der Waals surface area contributed by atoms with Crippen molar-refractivity contribution in [3.63, 3.8) is 0 Å². The van der Waals surface area contributed by atoms with E-state index in [-0.39, 0.29) is 17.0 Å². The number of fused-ring (bicyclic) bond motifs is 4. The molecule has 1 aromatic carbocycles. The minimum absolute atomic E-state index is 0.128. The van der Waals surface area contributed by atoms with Gasteiger partial charge in [0.15, 0.2) is 5.69 Å². The molecule has 0 radical (unpaired) electrons. The zero-order valence-corrected chi connectivity index (χ0v) is 14.4. The van der Waals surface area contributed by atoms with E-state index < -0.39 is 36.1 Å². The fraction of sp³-hybridized carbons (Fsp3) is 0.471. The van der Waals surface area contributed by atoms with Crippen molar-refractivity contribution < 1.29 is 37.3 Å². The van der Waals surface area contributed by atoms with Crippen LogP contribution in [0.4, 0.5) is 13.2 Å². The Morgan fingerprint density at radius 2 is 2.07 bits per heavy atom. The number of benzene rings is 1. The first kappa shape index (κ1) is 18.5. The van der Waals surface area contributed by atoms with Gasteiger partial charge in [-0.05, 0) is 31.2 Å². The number of carboxylic acids is 1.